The van der Waals surface area contributed by atoms with Crippen molar-refractivity contribution < 1.29 is 4.92 Å². The highest BCUT2D eigenvalue weighted by atomic mass is 16.6. The second kappa shape index (κ2) is 5.93. The predicted molar refractivity (Wildman–Crippen MR) is 59.6 cm³/mol. The van der Waals surface area contributed by atoms with Gasteiger partial charge >= 0.3 is 0 Å². The third kappa shape index (κ3) is 3.91. The lowest BCUT2D eigenvalue weighted by atomic mass is 10.2. The van der Waals surface area contributed by atoms with Crippen LogP contribution in [-0.4, -0.2) is 11.5 Å². The lowest BCUT2D eigenvalue weighted by Crippen LogP contribution is -2.13. The van der Waals surface area contributed by atoms with Crippen molar-refractivity contribution in [2.24, 2.45) is 0 Å². The van der Waals surface area contributed by atoms with E-state index in [1.165, 1.54) is 12.1 Å². The molecule has 0 bridgehead atoms. The third-order valence-corrected chi connectivity index (χ3v) is 2.00. The largest absolute Gasteiger partial charge is 0.312 e. The van der Waals surface area contributed by atoms with Crippen molar-refractivity contribution in [2.75, 3.05) is 6.54 Å². The molecule has 0 fully saturated rings. The van der Waals surface area contributed by atoms with E-state index in [2.05, 4.69) is 11.9 Å². The molecule has 15 heavy (non-hydrogen) atoms. The number of nitro benzene ring substituents is 1. The van der Waals surface area contributed by atoms with Crippen molar-refractivity contribution >= 4 is 5.69 Å². The zero-order chi connectivity index (χ0) is 11.1. The van der Waals surface area contributed by atoms with Crippen molar-refractivity contribution in [2.45, 2.75) is 13.0 Å². The van der Waals surface area contributed by atoms with Gasteiger partial charge in [0.15, 0.2) is 0 Å². The first kappa shape index (κ1) is 11.4. The van der Waals surface area contributed by atoms with Gasteiger partial charge in [0.1, 0.15) is 0 Å². The third-order valence-electron chi connectivity index (χ3n) is 2.00. The maximum absolute atomic E-state index is 10.4. The van der Waals surface area contributed by atoms with Crippen molar-refractivity contribution in [1.82, 2.24) is 5.32 Å². The molecule has 1 rings (SSSR count). The quantitative estimate of drug-likeness (QED) is 0.336. The van der Waals surface area contributed by atoms with E-state index in [-0.39, 0.29) is 5.69 Å². The zero-order valence-corrected chi connectivity index (χ0v) is 8.48. The highest BCUT2D eigenvalue weighted by Gasteiger charge is 2.02. The summed E-state index contributed by atoms with van der Waals surface area (Å²) in [6.07, 6.45) is 2.77. The molecule has 1 aromatic carbocycles. The molecule has 0 aromatic heterocycles. The van der Waals surface area contributed by atoms with Gasteiger partial charge in [0.05, 0.1) is 4.92 Å². The molecule has 4 nitrogen and oxygen atoms in total. The van der Waals surface area contributed by atoms with Crippen LogP contribution in [0.2, 0.25) is 0 Å². The average Bonchev–Trinajstić information content (AvgIpc) is 2.25. The first-order valence-corrected chi connectivity index (χ1v) is 4.79. The topological polar surface area (TPSA) is 55.2 Å². The predicted octanol–water partition coefficient (Wildman–Crippen LogP) is 2.26. The minimum Gasteiger partial charge on any atom is -0.312 e. The minimum absolute atomic E-state index is 0.129. The number of hydrogen-bond acceptors (Lipinski definition) is 3. The molecule has 4 heteroatoms. The molecule has 0 spiro atoms. The fraction of sp³-hybridized carbons (Fsp3) is 0.273. The van der Waals surface area contributed by atoms with Gasteiger partial charge in [-0.05, 0) is 18.5 Å². The maximum Gasteiger partial charge on any atom is 0.269 e. The lowest BCUT2D eigenvalue weighted by Gasteiger charge is -2.02. The molecule has 0 heterocycles. The van der Waals surface area contributed by atoms with Crippen molar-refractivity contribution in [1.29, 1.82) is 0 Å². The van der Waals surface area contributed by atoms with E-state index in [1.807, 2.05) is 6.08 Å². The number of rotatable bonds is 6. The summed E-state index contributed by atoms with van der Waals surface area (Å²) >= 11 is 0. The van der Waals surface area contributed by atoms with Gasteiger partial charge in [-0.1, -0.05) is 18.2 Å². The molecule has 0 radical (unpaired) electrons. The van der Waals surface area contributed by atoms with Crippen LogP contribution in [0.15, 0.2) is 36.9 Å². The van der Waals surface area contributed by atoms with Gasteiger partial charge in [0, 0.05) is 18.7 Å². The molecule has 0 aliphatic heterocycles. The van der Waals surface area contributed by atoms with Crippen LogP contribution in [0.4, 0.5) is 5.69 Å². The van der Waals surface area contributed by atoms with E-state index in [4.69, 9.17) is 0 Å². The summed E-state index contributed by atoms with van der Waals surface area (Å²) in [5.41, 5.74) is 1.18. The number of nitrogens with one attached hydrogen (secondary N) is 1. The smallest absolute Gasteiger partial charge is 0.269 e. The van der Waals surface area contributed by atoms with Crippen LogP contribution in [0.3, 0.4) is 0 Å². The van der Waals surface area contributed by atoms with Crippen LogP contribution in [0.25, 0.3) is 0 Å². The highest BCUT2D eigenvalue weighted by molar-refractivity contribution is 5.32. The Morgan fingerprint density at radius 1 is 1.40 bits per heavy atom. The van der Waals surface area contributed by atoms with Gasteiger partial charge in [0.25, 0.3) is 5.69 Å². The summed E-state index contributed by atoms with van der Waals surface area (Å²) in [7, 11) is 0. The van der Waals surface area contributed by atoms with Gasteiger partial charge in [-0.25, -0.2) is 0 Å². The molecule has 1 N–H and O–H groups in total. The molecule has 0 saturated carbocycles. The molecule has 0 atom stereocenters. The summed E-state index contributed by atoms with van der Waals surface area (Å²) in [5.74, 6) is 0. The lowest BCUT2D eigenvalue weighted by molar-refractivity contribution is -0.384. The van der Waals surface area contributed by atoms with Crippen LogP contribution >= 0.6 is 0 Å². The molecule has 0 saturated heterocycles. The van der Waals surface area contributed by atoms with Crippen LogP contribution < -0.4 is 5.32 Å². The molecule has 0 amide bonds. The van der Waals surface area contributed by atoms with Crippen LogP contribution in [0, 0.1) is 10.1 Å². The van der Waals surface area contributed by atoms with Gasteiger partial charge in [-0.15, -0.1) is 6.58 Å². The van der Waals surface area contributed by atoms with E-state index < -0.39 is 4.92 Å². The summed E-state index contributed by atoms with van der Waals surface area (Å²) in [6.45, 7) is 5.22. The Morgan fingerprint density at radius 2 is 2.07 bits per heavy atom. The molecule has 0 aliphatic carbocycles. The minimum atomic E-state index is -0.394. The first-order valence-electron chi connectivity index (χ1n) is 4.79. The van der Waals surface area contributed by atoms with Gasteiger partial charge < -0.3 is 5.32 Å². The molecule has 80 valence electrons. The Balaban J connectivity index is 2.42. The van der Waals surface area contributed by atoms with Gasteiger partial charge in [0.2, 0.25) is 0 Å². The number of nitro groups is 1. The Hall–Kier alpha value is -1.68. The van der Waals surface area contributed by atoms with E-state index in [9.17, 15) is 10.1 Å². The molecular weight excluding hydrogens is 192 g/mol. The SMILES string of the molecule is C=CCCNCc1ccc([N+](=O)[O-])cc1. The summed E-state index contributed by atoms with van der Waals surface area (Å²) in [4.78, 5) is 10.00. The standard InChI is InChI=1S/C11H14N2O2/c1-2-3-8-12-9-10-4-6-11(7-5-10)13(14)15/h2,4-7,12H,1,3,8-9H2. The van der Waals surface area contributed by atoms with Gasteiger partial charge in [-0.3, -0.25) is 10.1 Å². The monoisotopic (exact) mass is 206 g/mol. The fourth-order valence-corrected chi connectivity index (χ4v) is 1.17. The number of nitrogens with zero attached hydrogens (tertiary/aromatic N) is 1. The average molecular weight is 206 g/mol. The molecular formula is C11H14N2O2. The fourth-order valence-electron chi connectivity index (χ4n) is 1.17. The van der Waals surface area contributed by atoms with E-state index >= 15 is 0 Å². The van der Waals surface area contributed by atoms with Crippen LogP contribution in [0.1, 0.15) is 12.0 Å². The van der Waals surface area contributed by atoms with Crippen molar-refractivity contribution in [3.8, 4) is 0 Å². The number of benzene rings is 1. The first-order chi connectivity index (χ1) is 7.24. The summed E-state index contributed by atoms with van der Waals surface area (Å²) < 4.78 is 0. The molecule has 0 unspecified atom stereocenters. The Kier molecular flexibility index (Phi) is 4.50. The van der Waals surface area contributed by atoms with E-state index in [1.54, 1.807) is 12.1 Å². The Labute approximate surface area is 88.8 Å². The second-order valence-corrected chi connectivity index (χ2v) is 3.18. The Morgan fingerprint density at radius 3 is 2.60 bits per heavy atom. The summed E-state index contributed by atoms with van der Waals surface area (Å²) in [6, 6.07) is 6.56. The highest BCUT2D eigenvalue weighted by Crippen LogP contribution is 2.11. The van der Waals surface area contributed by atoms with E-state index in [0.29, 0.717) is 0 Å². The zero-order valence-electron chi connectivity index (χ0n) is 8.48. The van der Waals surface area contributed by atoms with Crippen LogP contribution in [0.5, 0.6) is 0 Å². The summed E-state index contributed by atoms with van der Waals surface area (Å²) in [5, 5.41) is 13.6. The normalized spacial score (nSPS) is 9.87. The number of non-ortho nitro benzene ring substituents is 1. The van der Waals surface area contributed by atoms with Crippen LogP contribution in [-0.2, 0) is 6.54 Å². The second-order valence-electron chi connectivity index (χ2n) is 3.18. The van der Waals surface area contributed by atoms with Gasteiger partial charge in [-0.2, -0.15) is 0 Å². The van der Waals surface area contributed by atoms with Crippen molar-refractivity contribution in [3.05, 3.63) is 52.6 Å². The molecule has 1 aromatic rings. The maximum atomic E-state index is 10.4. The Bertz CT molecular complexity index is 333. The van der Waals surface area contributed by atoms with Crippen molar-refractivity contribution in [3.63, 3.8) is 0 Å². The number of hydrogen-bond donors (Lipinski definition) is 1. The van der Waals surface area contributed by atoms with E-state index in [0.717, 1.165) is 25.1 Å². The molecule has 0 aliphatic rings.